The zero-order valence-corrected chi connectivity index (χ0v) is 16.2. The Kier molecular flexibility index (Phi) is 7.37. The summed E-state index contributed by atoms with van der Waals surface area (Å²) in [5.41, 5.74) is 0.904. The third-order valence-corrected chi connectivity index (χ3v) is 4.79. The van der Waals surface area contributed by atoms with Crippen LogP contribution in [-0.2, 0) is 11.2 Å². The number of piperidine rings is 1. The van der Waals surface area contributed by atoms with Crippen molar-refractivity contribution in [3.8, 4) is 11.5 Å². The van der Waals surface area contributed by atoms with Crippen molar-refractivity contribution >= 4 is 21.8 Å². The van der Waals surface area contributed by atoms with E-state index in [1.807, 2.05) is 26.0 Å². The molecule has 1 aromatic carbocycles. The highest BCUT2D eigenvalue weighted by atomic mass is 79.9. The number of hydrogen-bond donors (Lipinski definition) is 2. The lowest BCUT2D eigenvalue weighted by Crippen LogP contribution is -2.46. The number of rotatable bonds is 7. The summed E-state index contributed by atoms with van der Waals surface area (Å²) in [5.74, 6) is 1.42. The van der Waals surface area contributed by atoms with Crippen LogP contribution in [0.4, 0.5) is 0 Å². The summed E-state index contributed by atoms with van der Waals surface area (Å²) in [6.07, 6.45) is 2.27. The Morgan fingerprint density at radius 3 is 2.58 bits per heavy atom. The Hall–Kier alpha value is -1.27. The van der Waals surface area contributed by atoms with Gasteiger partial charge in [0.25, 0.3) is 0 Å². The van der Waals surface area contributed by atoms with Crippen LogP contribution in [0, 0.1) is 0 Å². The molecule has 1 heterocycles. The molecular formula is C18H27BrN2O3. The summed E-state index contributed by atoms with van der Waals surface area (Å²) in [4.78, 5) is 12.4. The van der Waals surface area contributed by atoms with E-state index < -0.39 is 0 Å². The number of carbonyl (C=O) groups is 1. The Morgan fingerprint density at radius 2 is 1.96 bits per heavy atom. The highest BCUT2D eigenvalue weighted by molar-refractivity contribution is 9.10. The molecule has 0 saturated carbocycles. The molecule has 134 valence electrons. The summed E-state index contributed by atoms with van der Waals surface area (Å²) in [6, 6.07) is 4.47. The van der Waals surface area contributed by atoms with E-state index in [1.54, 1.807) is 0 Å². The Bertz CT molecular complexity index is 565. The smallest absolute Gasteiger partial charge is 0.224 e. The normalized spacial score (nSPS) is 20.5. The monoisotopic (exact) mass is 398 g/mol. The fourth-order valence-electron chi connectivity index (χ4n) is 2.96. The molecule has 2 atom stereocenters. The predicted molar refractivity (Wildman–Crippen MR) is 98.8 cm³/mol. The lowest BCUT2D eigenvalue weighted by atomic mass is 10.0. The van der Waals surface area contributed by atoms with Gasteiger partial charge in [-0.3, -0.25) is 4.79 Å². The van der Waals surface area contributed by atoms with Crippen molar-refractivity contribution in [2.24, 2.45) is 0 Å². The molecule has 0 spiro atoms. The molecule has 2 rings (SSSR count). The zero-order valence-electron chi connectivity index (χ0n) is 14.7. The molecule has 2 unspecified atom stereocenters. The minimum atomic E-state index is 0.0430. The van der Waals surface area contributed by atoms with Gasteiger partial charge < -0.3 is 20.1 Å². The van der Waals surface area contributed by atoms with E-state index in [4.69, 9.17) is 9.47 Å². The van der Waals surface area contributed by atoms with Gasteiger partial charge in [0.15, 0.2) is 11.5 Å². The first-order chi connectivity index (χ1) is 11.5. The summed E-state index contributed by atoms with van der Waals surface area (Å²) >= 11 is 3.54. The first-order valence-electron chi connectivity index (χ1n) is 8.64. The van der Waals surface area contributed by atoms with Gasteiger partial charge in [0.1, 0.15) is 0 Å². The van der Waals surface area contributed by atoms with Crippen LogP contribution < -0.4 is 20.1 Å². The maximum absolute atomic E-state index is 12.4. The van der Waals surface area contributed by atoms with Crippen molar-refractivity contribution in [2.75, 3.05) is 19.8 Å². The van der Waals surface area contributed by atoms with E-state index in [-0.39, 0.29) is 11.9 Å². The van der Waals surface area contributed by atoms with Gasteiger partial charge in [0, 0.05) is 16.6 Å². The predicted octanol–water partition coefficient (Wildman–Crippen LogP) is 3.05. The number of amides is 1. The maximum atomic E-state index is 12.4. The standard InChI is InChI=1S/C18H27BrN2O3/c1-4-23-16-9-13(15(19)11-17(16)24-5-2)10-18(22)21-14-6-7-20-12(3)8-14/h9,11-12,14,20H,4-8,10H2,1-3H3,(H,21,22). The first kappa shape index (κ1) is 19.1. The summed E-state index contributed by atoms with van der Waals surface area (Å²) in [5, 5.41) is 6.54. The number of nitrogens with one attached hydrogen (secondary N) is 2. The number of carbonyl (C=O) groups excluding carboxylic acids is 1. The average molecular weight is 399 g/mol. The molecule has 1 aliphatic heterocycles. The van der Waals surface area contributed by atoms with Crippen LogP contribution in [0.5, 0.6) is 11.5 Å². The van der Waals surface area contributed by atoms with Gasteiger partial charge in [-0.1, -0.05) is 15.9 Å². The summed E-state index contributed by atoms with van der Waals surface area (Å²) in [7, 11) is 0. The molecule has 24 heavy (non-hydrogen) atoms. The van der Waals surface area contributed by atoms with E-state index in [2.05, 4.69) is 33.5 Å². The number of ether oxygens (including phenoxy) is 2. The highest BCUT2D eigenvalue weighted by Gasteiger charge is 2.21. The maximum Gasteiger partial charge on any atom is 0.224 e. The third-order valence-electron chi connectivity index (χ3n) is 4.05. The van der Waals surface area contributed by atoms with E-state index in [0.29, 0.717) is 37.2 Å². The molecule has 0 radical (unpaired) electrons. The average Bonchev–Trinajstić information content (AvgIpc) is 2.52. The van der Waals surface area contributed by atoms with Crippen LogP contribution >= 0.6 is 15.9 Å². The van der Waals surface area contributed by atoms with Crippen molar-refractivity contribution in [3.63, 3.8) is 0 Å². The van der Waals surface area contributed by atoms with Crippen molar-refractivity contribution in [1.29, 1.82) is 0 Å². The molecule has 1 amide bonds. The number of halogens is 1. The van der Waals surface area contributed by atoms with E-state index >= 15 is 0 Å². The van der Waals surface area contributed by atoms with E-state index in [1.165, 1.54) is 0 Å². The minimum absolute atomic E-state index is 0.0430. The number of benzene rings is 1. The van der Waals surface area contributed by atoms with Gasteiger partial charge in [-0.15, -0.1) is 0 Å². The second kappa shape index (κ2) is 9.28. The fraction of sp³-hybridized carbons (Fsp3) is 0.611. The Balaban J connectivity index is 2.04. The topological polar surface area (TPSA) is 59.6 Å². The largest absolute Gasteiger partial charge is 0.490 e. The van der Waals surface area contributed by atoms with Crippen LogP contribution in [0.1, 0.15) is 39.2 Å². The van der Waals surface area contributed by atoms with Crippen LogP contribution in [0.3, 0.4) is 0 Å². The second-order valence-electron chi connectivity index (χ2n) is 6.08. The van der Waals surface area contributed by atoms with Crippen LogP contribution in [0.2, 0.25) is 0 Å². The first-order valence-corrected chi connectivity index (χ1v) is 9.43. The summed E-state index contributed by atoms with van der Waals surface area (Å²) in [6.45, 7) is 8.09. The van der Waals surface area contributed by atoms with Crippen molar-refractivity contribution < 1.29 is 14.3 Å². The van der Waals surface area contributed by atoms with Crippen molar-refractivity contribution in [1.82, 2.24) is 10.6 Å². The molecule has 1 aromatic rings. The van der Waals surface area contributed by atoms with Gasteiger partial charge >= 0.3 is 0 Å². The molecular weight excluding hydrogens is 372 g/mol. The fourth-order valence-corrected chi connectivity index (χ4v) is 3.43. The quantitative estimate of drug-likeness (QED) is 0.740. The van der Waals surface area contributed by atoms with E-state index in [9.17, 15) is 4.79 Å². The molecule has 2 N–H and O–H groups in total. The van der Waals surface area contributed by atoms with Gasteiger partial charge in [-0.25, -0.2) is 0 Å². The van der Waals surface area contributed by atoms with Gasteiger partial charge in [0.2, 0.25) is 5.91 Å². The molecule has 5 nitrogen and oxygen atoms in total. The minimum Gasteiger partial charge on any atom is -0.490 e. The third kappa shape index (κ3) is 5.38. The Labute approximate surface area is 152 Å². The second-order valence-corrected chi connectivity index (χ2v) is 6.93. The zero-order chi connectivity index (χ0) is 17.5. The lowest BCUT2D eigenvalue weighted by molar-refractivity contribution is -0.121. The van der Waals surface area contributed by atoms with Gasteiger partial charge in [-0.05, 0) is 57.9 Å². The lowest BCUT2D eigenvalue weighted by Gasteiger charge is -2.28. The van der Waals surface area contributed by atoms with Crippen LogP contribution in [0.25, 0.3) is 0 Å². The number of hydrogen-bond acceptors (Lipinski definition) is 4. The van der Waals surface area contributed by atoms with Crippen LogP contribution in [0.15, 0.2) is 16.6 Å². The van der Waals surface area contributed by atoms with Gasteiger partial charge in [0.05, 0.1) is 19.6 Å². The van der Waals surface area contributed by atoms with Crippen LogP contribution in [-0.4, -0.2) is 37.7 Å². The highest BCUT2D eigenvalue weighted by Crippen LogP contribution is 2.34. The molecule has 1 fully saturated rings. The SMILES string of the molecule is CCOc1cc(Br)c(CC(=O)NC2CCNC(C)C2)cc1OCC. The van der Waals surface area contributed by atoms with E-state index in [0.717, 1.165) is 29.4 Å². The molecule has 6 heteroatoms. The molecule has 0 aliphatic carbocycles. The molecule has 1 aliphatic rings. The molecule has 0 bridgehead atoms. The summed E-state index contributed by atoms with van der Waals surface area (Å²) < 4.78 is 12.1. The van der Waals surface area contributed by atoms with Crippen molar-refractivity contribution in [3.05, 3.63) is 22.2 Å². The molecule has 0 aromatic heterocycles. The van der Waals surface area contributed by atoms with Crippen molar-refractivity contribution in [2.45, 2.75) is 52.1 Å². The Morgan fingerprint density at radius 1 is 1.29 bits per heavy atom. The van der Waals surface area contributed by atoms with Gasteiger partial charge in [-0.2, -0.15) is 0 Å². The molecule has 1 saturated heterocycles.